The molecule has 1 aromatic heterocycles. The third kappa shape index (κ3) is 2.39. The van der Waals surface area contributed by atoms with E-state index in [-0.39, 0.29) is 6.61 Å². The Kier molecular flexibility index (Phi) is 3.37. The molecule has 0 unspecified atom stereocenters. The predicted molar refractivity (Wildman–Crippen MR) is 48.0 cm³/mol. The van der Waals surface area contributed by atoms with Gasteiger partial charge in [-0.3, -0.25) is 4.68 Å². The van der Waals surface area contributed by atoms with Crippen LogP contribution in [0.3, 0.4) is 0 Å². The fraction of sp³-hybridized carbons (Fsp3) is 0.571. The molecule has 0 bridgehead atoms. The Morgan fingerprint density at radius 1 is 1.58 bits per heavy atom. The summed E-state index contributed by atoms with van der Waals surface area (Å²) < 4.78 is 1.69. The highest BCUT2D eigenvalue weighted by atomic mass is 35.5. The second kappa shape index (κ2) is 4.33. The van der Waals surface area contributed by atoms with Gasteiger partial charge in [0.2, 0.25) is 0 Å². The number of unbranched alkanes of at least 4 members (excludes halogenated alkanes) is 1. The molecular formula is C7H12ClN3O. The molecular weight excluding hydrogens is 178 g/mol. The molecule has 5 heteroatoms. The van der Waals surface area contributed by atoms with Gasteiger partial charge in [0, 0.05) is 19.3 Å². The van der Waals surface area contributed by atoms with Crippen molar-refractivity contribution in [1.82, 2.24) is 9.78 Å². The molecule has 0 aliphatic heterocycles. The van der Waals surface area contributed by atoms with Crippen molar-refractivity contribution < 1.29 is 5.11 Å². The number of halogens is 1. The Hall–Kier alpha value is -0.740. The molecule has 4 nitrogen and oxygen atoms in total. The molecule has 1 aromatic rings. The summed E-state index contributed by atoms with van der Waals surface area (Å²) in [7, 11) is 0. The number of rotatable bonds is 4. The monoisotopic (exact) mass is 189 g/mol. The van der Waals surface area contributed by atoms with E-state index in [2.05, 4.69) is 5.10 Å². The van der Waals surface area contributed by atoms with E-state index in [1.165, 1.54) is 0 Å². The Labute approximate surface area is 75.9 Å². The van der Waals surface area contributed by atoms with Crippen LogP contribution in [-0.2, 0) is 6.54 Å². The fourth-order valence-electron chi connectivity index (χ4n) is 0.912. The molecule has 68 valence electrons. The van der Waals surface area contributed by atoms with Gasteiger partial charge in [0.05, 0.1) is 0 Å². The smallest absolute Gasteiger partial charge is 0.164 e. The highest BCUT2D eigenvalue weighted by Crippen LogP contribution is 2.15. The molecule has 0 fully saturated rings. The van der Waals surface area contributed by atoms with Crippen molar-refractivity contribution in [1.29, 1.82) is 0 Å². The average Bonchev–Trinajstić information content (AvgIpc) is 2.32. The summed E-state index contributed by atoms with van der Waals surface area (Å²) in [6.07, 6.45) is 3.35. The molecule has 1 rings (SSSR count). The van der Waals surface area contributed by atoms with Crippen LogP contribution in [0.4, 0.5) is 5.82 Å². The van der Waals surface area contributed by atoms with Gasteiger partial charge in [0.1, 0.15) is 5.02 Å². The van der Waals surface area contributed by atoms with Crippen molar-refractivity contribution in [3.63, 3.8) is 0 Å². The van der Waals surface area contributed by atoms with E-state index in [0.717, 1.165) is 19.4 Å². The van der Waals surface area contributed by atoms with Gasteiger partial charge in [-0.05, 0) is 12.8 Å². The standard InChI is InChI=1S/C7H12ClN3O/c8-6-5-11(10-7(6)9)3-1-2-4-12/h5,12H,1-4H2,(H2,9,10). The lowest BCUT2D eigenvalue weighted by Gasteiger charge is -1.97. The highest BCUT2D eigenvalue weighted by molar-refractivity contribution is 6.32. The van der Waals surface area contributed by atoms with Gasteiger partial charge in [0.25, 0.3) is 0 Å². The zero-order chi connectivity index (χ0) is 8.97. The molecule has 0 aliphatic carbocycles. The lowest BCUT2D eigenvalue weighted by atomic mass is 10.3. The minimum Gasteiger partial charge on any atom is -0.396 e. The van der Waals surface area contributed by atoms with Gasteiger partial charge in [-0.25, -0.2) is 0 Å². The SMILES string of the molecule is Nc1nn(CCCCO)cc1Cl. The van der Waals surface area contributed by atoms with Gasteiger partial charge < -0.3 is 10.8 Å². The normalized spacial score (nSPS) is 10.5. The summed E-state index contributed by atoms with van der Waals surface area (Å²) >= 11 is 5.68. The van der Waals surface area contributed by atoms with Crippen LogP contribution in [0.2, 0.25) is 5.02 Å². The number of aliphatic hydroxyl groups excluding tert-OH is 1. The van der Waals surface area contributed by atoms with Crippen LogP contribution < -0.4 is 5.73 Å². The van der Waals surface area contributed by atoms with Crippen LogP contribution in [0.1, 0.15) is 12.8 Å². The molecule has 0 aliphatic rings. The van der Waals surface area contributed by atoms with Crippen molar-refractivity contribution in [2.45, 2.75) is 19.4 Å². The Morgan fingerprint density at radius 3 is 2.83 bits per heavy atom. The molecule has 1 heterocycles. The number of aliphatic hydroxyl groups is 1. The highest BCUT2D eigenvalue weighted by Gasteiger charge is 2.01. The van der Waals surface area contributed by atoms with E-state index in [4.69, 9.17) is 22.4 Å². The van der Waals surface area contributed by atoms with Gasteiger partial charge >= 0.3 is 0 Å². The number of aromatic nitrogens is 2. The van der Waals surface area contributed by atoms with Crippen molar-refractivity contribution in [2.24, 2.45) is 0 Å². The van der Waals surface area contributed by atoms with Crippen LogP contribution in [0.5, 0.6) is 0 Å². The summed E-state index contributed by atoms with van der Waals surface area (Å²) in [5.41, 5.74) is 5.43. The van der Waals surface area contributed by atoms with Crippen molar-refractivity contribution in [2.75, 3.05) is 12.3 Å². The molecule has 12 heavy (non-hydrogen) atoms. The average molecular weight is 190 g/mol. The number of hydrogen-bond donors (Lipinski definition) is 2. The van der Waals surface area contributed by atoms with E-state index in [1.807, 2.05) is 0 Å². The van der Waals surface area contributed by atoms with Crippen LogP contribution in [0.15, 0.2) is 6.20 Å². The molecule has 0 saturated carbocycles. The van der Waals surface area contributed by atoms with Crippen LogP contribution in [0, 0.1) is 0 Å². The molecule has 3 N–H and O–H groups in total. The molecule has 0 radical (unpaired) electrons. The van der Waals surface area contributed by atoms with E-state index in [0.29, 0.717) is 10.8 Å². The van der Waals surface area contributed by atoms with E-state index >= 15 is 0 Å². The maximum atomic E-state index is 8.52. The van der Waals surface area contributed by atoms with Crippen molar-refractivity contribution in [3.05, 3.63) is 11.2 Å². The van der Waals surface area contributed by atoms with Crippen LogP contribution in [0.25, 0.3) is 0 Å². The molecule has 0 saturated heterocycles. The second-order valence-electron chi connectivity index (χ2n) is 2.56. The van der Waals surface area contributed by atoms with Gasteiger partial charge in [0.15, 0.2) is 5.82 Å². The summed E-state index contributed by atoms with van der Waals surface area (Å²) in [5.74, 6) is 0.362. The number of anilines is 1. The first-order chi connectivity index (χ1) is 5.74. The Morgan fingerprint density at radius 2 is 2.33 bits per heavy atom. The first-order valence-corrected chi connectivity index (χ1v) is 4.21. The third-order valence-corrected chi connectivity index (χ3v) is 1.83. The van der Waals surface area contributed by atoms with E-state index < -0.39 is 0 Å². The Balaban J connectivity index is 2.42. The number of hydrogen-bond acceptors (Lipinski definition) is 3. The maximum absolute atomic E-state index is 8.52. The predicted octanol–water partition coefficient (Wildman–Crippen LogP) is 0.891. The summed E-state index contributed by atoms with van der Waals surface area (Å²) in [4.78, 5) is 0. The van der Waals surface area contributed by atoms with Gasteiger partial charge in [-0.1, -0.05) is 11.6 Å². The maximum Gasteiger partial charge on any atom is 0.164 e. The molecule has 0 spiro atoms. The summed E-state index contributed by atoms with van der Waals surface area (Å²) in [6, 6.07) is 0. The minimum atomic E-state index is 0.213. The zero-order valence-electron chi connectivity index (χ0n) is 6.70. The lowest BCUT2D eigenvalue weighted by Crippen LogP contribution is -2.00. The summed E-state index contributed by atoms with van der Waals surface area (Å²) in [5, 5.41) is 13.0. The number of nitrogens with two attached hydrogens (primary N) is 1. The lowest BCUT2D eigenvalue weighted by molar-refractivity contribution is 0.280. The zero-order valence-corrected chi connectivity index (χ0v) is 7.46. The van der Waals surface area contributed by atoms with Gasteiger partial charge in [-0.15, -0.1) is 0 Å². The topological polar surface area (TPSA) is 64.1 Å². The van der Waals surface area contributed by atoms with E-state index in [1.54, 1.807) is 10.9 Å². The van der Waals surface area contributed by atoms with Gasteiger partial charge in [-0.2, -0.15) is 5.10 Å². The number of nitrogens with zero attached hydrogens (tertiary/aromatic N) is 2. The minimum absolute atomic E-state index is 0.213. The third-order valence-electron chi connectivity index (χ3n) is 1.54. The number of nitrogen functional groups attached to an aromatic ring is 1. The van der Waals surface area contributed by atoms with Crippen LogP contribution in [-0.4, -0.2) is 21.5 Å². The van der Waals surface area contributed by atoms with Crippen molar-refractivity contribution >= 4 is 17.4 Å². The quantitative estimate of drug-likeness (QED) is 0.692. The van der Waals surface area contributed by atoms with Crippen LogP contribution >= 0.6 is 11.6 Å². The number of aryl methyl sites for hydroxylation is 1. The molecule has 0 aromatic carbocycles. The summed E-state index contributed by atoms with van der Waals surface area (Å²) in [6.45, 7) is 0.960. The first kappa shape index (κ1) is 9.35. The van der Waals surface area contributed by atoms with E-state index in [9.17, 15) is 0 Å². The fourth-order valence-corrected chi connectivity index (χ4v) is 1.06. The second-order valence-corrected chi connectivity index (χ2v) is 2.96. The molecule has 0 atom stereocenters. The Bertz CT molecular complexity index is 229. The van der Waals surface area contributed by atoms with Crippen molar-refractivity contribution in [3.8, 4) is 0 Å². The molecule has 0 amide bonds. The first-order valence-electron chi connectivity index (χ1n) is 3.83. The largest absolute Gasteiger partial charge is 0.396 e.